The fourth-order valence-corrected chi connectivity index (χ4v) is 5.28. The lowest BCUT2D eigenvalue weighted by Crippen LogP contribution is -2.36. The molecule has 1 aliphatic rings. The number of amides is 1. The normalized spacial score (nSPS) is 16.3. The molecule has 29 heavy (non-hydrogen) atoms. The van der Waals surface area contributed by atoms with Crippen LogP contribution in [0.1, 0.15) is 43.7 Å². The minimum absolute atomic E-state index is 0.00857. The van der Waals surface area contributed by atoms with Crippen molar-refractivity contribution in [3.8, 4) is 0 Å². The van der Waals surface area contributed by atoms with Gasteiger partial charge in [-0.2, -0.15) is 0 Å². The lowest BCUT2D eigenvalue weighted by molar-refractivity contribution is 0.0512. The highest BCUT2D eigenvalue weighted by atomic mass is 32.1. The number of benzene rings is 1. The molecule has 152 valence electrons. The fraction of sp³-hybridized carbons (Fsp3) is 0.364. The van der Waals surface area contributed by atoms with Gasteiger partial charge in [0.15, 0.2) is 0 Å². The molecule has 0 N–H and O–H groups in total. The maximum atomic E-state index is 13.4. The second kappa shape index (κ2) is 9.15. The Hall–Kier alpha value is -2.09. The van der Waals surface area contributed by atoms with Gasteiger partial charge in [-0.05, 0) is 48.9 Å². The summed E-state index contributed by atoms with van der Waals surface area (Å²) in [6.45, 7) is 3.84. The first-order valence-corrected chi connectivity index (χ1v) is 11.4. The number of hydrogen-bond donors (Lipinski definition) is 0. The van der Waals surface area contributed by atoms with E-state index < -0.39 is 0 Å². The molecule has 3 aromatic rings. The standard InChI is InChI=1S/C22H23FN2O2S2/c1-15-21(29-20(24-15)12-16-6-8-17(23)9-7-16)22(26)25(13-18-4-2-10-27-18)14-19-5-3-11-28-19/h3,5-9,11,18H,2,4,10,12-14H2,1H3. The third-order valence-corrected chi connectivity index (χ3v) is 6.97. The van der Waals surface area contributed by atoms with E-state index >= 15 is 0 Å². The topological polar surface area (TPSA) is 42.4 Å². The summed E-state index contributed by atoms with van der Waals surface area (Å²) in [6, 6.07) is 10.5. The average Bonchev–Trinajstić information content (AvgIpc) is 3.46. The van der Waals surface area contributed by atoms with Crippen molar-refractivity contribution in [2.24, 2.45) is 0 Å². The molecule has 4 rings (SSSR count). The summed E-state index contributed by atoms with van der Waals surface area (Å²) in [5.74, 6) is -0.243. The molecular weight excluding hydrogens is 407 g/mol. The number of carbonyl (C=O) groups is 1. The van der Waals surface area contributed by atoms with E-state index in [1.807, 2.05) is 23.3 Å². The molecule has 1 amide bonds. The largest absolute Gasteiger partial charge is 0.376 e. The SMILES string of the molecule is Cc1nc(Cc2ccc(F)cc2)sc1C(=O)N(Cc1cccs1)CC1CCCO1. The molecule has 1 unspecified atom stereocenters. The van der Waals surface area contributed by atoms with Crippen LogP contribution < -0.4 is 0 Å². The van der Waals surface area contributed by atoms with Gasteiger partial charge in [-0.25, -0.2) is 9.37 Å². The van der Waals surface area contributed by atoms with Crippen LogP contribution in [0.4, 0.5) is 4.39 Å². The second-order valence-corrected chi connectivity index (χ2v) is 9.34. The van der Waals surface area contributed by atoms with Crippen LogP contribution >= 0.6 is 22.7 Å². The maximum absolute atomic E-state index is 13.4. The van der Waals surface area contributed by atoms with E-state index in [9.17, 15) is 9.18 Å². The van der Waals surface area contributed by atoms with Crippen LogP contribution in [-0.4, -0.2) is 35.0 Å². The van der Waals surface area contributed by atoms with Gasteiger partial charge < -0.3 is 9.64 Å². The quantitative estimate of drug-likeness (QED) is 0.526. The number of nitrogens with zero attached hydrogens (tertiary/aromatic N) is 2. The van der Waals surface area contributed by atoms with Gasteiger partial charge in [-0.1, -0.05) is 18.2 Å². The summed E-state index contributed by atoms with van der Waals surface area (Å²) in [5, 5.41) is 2.90. The van der Waals surface area contributed by atoms with Crippen LogP contribution in [0.15, 0.2) is 41.8 Å². The molecule has 1 aliphatic heterocycles. The van der Waals surface area contributed by atoms with Gasteiger partial charge in [-0.15, -0.1) is 22.7 Å². The smallest absolute Gasteiger partial charge is 0.266 e. The van der Waals surface area contributed by atoms with Crippen LogP contribution in [0, 0.1) is 12.7 Å². The summed E-state index contributed by atoms with van der Waals surface area (Å²) >= 11 is 3.09. The van der Waals surface area contributed by atoms with Crippen molar-refractivity contribution in [2.75, 3.05) is 13.2 Å². The lowest BCUT2D eigenvalue weighted by atomic mass is 10.1. The number of aryl methyl sites for hydroxylation is 1. The zero-order chi connectivity index (χ0) is 20.2. The number of halogens is 1. The van der Waals surface area contributed by atoms with Gasteiger partial charge in [0.1, 0.15) is 10.7 Å². The molecular formula is C22H23FN2O2S2. The molecule has 0 bridgehead atoms. The molecule has 3 heterocycles. The molecule has 1 aromatic carbocycles. The number of thiophene rings is 1. The number of rotatable bonds is 7. The highest BCUT2D eigenvalue weighted by Gasteiger charge is 2.26. The Balaban J connectivity index is 1.52. The monoisotopic (exact) mass is 430 g/mol. The van der Waals surface area contributed by atoms with Crippen LogP contribution in [0.25, 0.3) is 0 Å². The van der Waals surface area contributed by atoms with Gasteiger partial charge in [0.05, 0.1) is 23.4 Å². The average molecular weight is 431 g/mol. The van der Waals surface area contributed by atoms with Crippen molar-refractivity contribution < 1.29 is 13.9 Å². The van der Waals surface area contributed by atoms with Crippen molar-refractivity contribution in [1.29, 1.82) is 0 Å². The lowest BCUT2D eigenvalue weighted by Gasteiger charge is -2.24. The molecule has 1 saturated heterocycles. The minimum Gasteiger partial charge on any atom is -0.376 e. The molecule has 0 spiro atoms. The molecule has 1 fully saturated rings. The Morgan fingerprint density at radius 1 is 1.31 bits per heavy atom. The Labute approximate surface area is 178 Å². The van der Waals surface area contributed by atoms with Gasteiger partial charge >= 0.3 is 0 Å². The van der Waals surface area contributed by atoms with Crippen molar-refractivity contribution in [2.45, 2.75) is 38.8 Å². The van der Waals surface area contributed by atoms with Gasteiger partial charge in [0.25, 0.3) is 5.91 Å². The van der Waals surface area contributed by atoms with E-state index in [0.29, 0.717) is 24.4 Å². The first kappa shape index (κ1) is 20.2. The highest BCUT2D eigenvalue weighted by Crippen LogP contribution is 2.25. The zero-order valence-electron chi connectivity index (χ0n) is 16.3. The van der Waals surface area contributed by atoms with Crippen LogP contribution in [0.5, 0.6) is 0 Å². The third kappa shape index (κ3) is 5.10. The van der Waals surface area contributed by atoms with E-state index in [1.54, 1.807) is 23.5 Å². The van der Waals surface area contributed by atoms with Crippen LogP contribution in [0.3, 0.4) is 0 Å². The van der Waals surface area contributed by atoms with E-state index in [0.717, 1.165) is 40.6 Å². The summed E-state index contributed by atoms with van der Waals surface area (Å²) in [4.78, 5) is 21.7. The summed E-state index contributed by atoms with van der Waals surface area (Å²) in [5.41, 5.74) is 1.73. The Bertz CT molecular complexity index is 948. The zero-order valence-corrected chi connectivity index (χ0v) is 17.9. The highest BCUT2D eigenvalue weighted by molar-refractivity contribution is 7.13. The summed E-state index contributed by atoms with van der Waals surface area (Å²) < 4.78 is 18.9. The Kier molecular flexibility index (Phi) is 6.37. The Morgan fingerprint density at radius 2 is 2.14 bits per heavy atom. The summed E-state index contributed by atoms with van der Waals surface area (Å²) in [6.07, 6.45) is 2.74. The van der Waals surface area contributed by atoms with Gasteiger partial charge in [-0.3, -0.25) is 4.79 Å². The molecule has 0 aliphatic carbocycles. The second-order valence-electron chi connectivity index (χ2n) is 7.23. The predicted molar refractivity (Wildman–Crippen MR) is 114 cm³/mol. The van der Waals surface area contributed by atoms with Crippen molar-refractivity contribution in [3.63, 3.8) is 0 Å². The first-order chi connectivity index (χ1) is 14.1. The van der Waals surface area contributed by atoms with E-state index in [4.69, 9.17) is 4.74 Å². The van der Waals surface area contributed by atoms with Gasteiger partial charge in [0, 0.05) is 24.4 Å². The number of carbonyl (C=O) groups excluding carboxylic acids is 1. The molecule has 7 heteroatoms. The van der Waals surface area contributed by atoms with Crippen LogP contribution in [0.2, 0.25) is 0 Å². The predicted octanol–water partition coefficient (Wildman–Crippen LogP) is 5.06. The Morgan fingerprint density at radius 3 is 2.83 bits per heavy atom. The van der Waals surface area contributed by atoms with Gasteiger partial charge in [0.2, 0.25) is 0 Å². The molecule has 2 aromatic heterocycles. The third-order valence-electron chi connectivity index (χ3n) is 4.97. The van der Waals surface area contributed by atoms with E-state index in [2.05, 4.69) is 11.1 Å². The number of hydrogen-bond acceptors (Lipinski definition) is 5. The van der Waals surface area contributed by atoms with Crippen molar-refractivity contribution in [3.05, 3.63) is 73.6 Å². The van der Waals surface area contributed by atoms with Crippen molar-refractivity contribution in [1.82, 2.24) is 9.88 Å². The summed E-state index contributed by atoms with van der Waals surface area (Å²) in [7, 11) is 0. The van der Waals surface area contributed by atoms with E-state index in [1.165, 1.54) is 23.5 Å². The number of aromatic nitrogens is 1. The first-order valence-electron chi connectivity index (χ1n) is 9.72. The molecule has 4 nitrogen and oxygen atoms in total. The molecule has 1 atom stereocenters. The maximum Gasteiger partial charge on any atom is 0.266 e. The fourth-order valence-electron chi connectivity index (χ4n) is 3.49. The number of thiazole rings is 1. The van der Waals surface area contributed by atoms with Crippen LogP contribution in [-0.2, 0) is 17.7 Å². The molecule has 0 saturated carbocycles. The van der Waals surface area contributed by atoms with E-state index in [-0.39, 0.29) is 17.8 Å². The number of ether oxygens (including phenoxy) is 1. The minimum atomic E-state index is -0.252. The van der Waals surface area contributed by atoms with Crippen molar-refractivity contribution >= 4 is 28.6 Å². The molecule has 0 radical (unpaired) electrons.